The van der Waals surface area contributed by atoms with Gasteiger partial charge in [0.25, 0.3) is 8.32 Å². The molecule has 4 aromatic rings. The SMILES string of the molecule is CC(C)(C)[Si](OC[C@H]1C[C@@H]2C(=O)N(c3ccccc3)C(=O)[C@@H]2[C@@H]2C[C@@H](c3ccc(O)c(F)c3)O[C@]12O)(c1ccccc1)c1ccccc1. The highest BCUT2D eigenvalue weighted by Crippen LogP contribution is 2.59. The van der Waals surface area contributed by atoms with Crippen molar-refractivity contribution in [3.63, 3.8) is 0 Å². The van der Waals surface area contributed by atoms with E-state index in [1.807, 2.05) is 42.5 Å². The fourth-order valence-electron chi connectivity index (χ4n) is 8.42. The average molecular weight is 666 g/mol. The molecule has 48 heavy (non-hydrogen) atoms. The van der Waals surface area contributed by atoms with Crippen LogP contribution in [0.5, 0.6) is 5.75 Å². The molecule has 2 saturated heterocycles. The van der Waals surface area contributed by atoms with E-state index in [0.29, 0.717) is 11.3 Å². The van der Waals surface area contributed by atoms with Crippen molar-refractivity contribution in [1.82, 2.24) is 0 Å². The average Bonchev–Trinajstić information content (AvgIpc) is 3.56. The monoisotopic (exact) mass is 665 g/mol. The fraction of sp³-hybridized carbons (Fsp3) is 0.333. The first kappa shape index (κ1) is 32.4. The molecule has 1 aliphatic carbocycles. The van der Waals surface area contributed by atoms with Gasteiger partial charge in [0.05, 0.1) is 23.6 Å². The number of hydrogen-bond donors (Lipinski definition) is 2. The number of aromatic hydroxyl groups is 1. The topological polar surface area (TPSA) is 96.3 Å². The number of nitrogens with zero attached hydrogens (tertiary/aromatic N) is 1. The summed E-state index contributed by atoms with van der Waals surface area (Å²) in [6.07, 6.45) is -0.391. The Morgan fingerprint density at radius 3 is 2.02 bits per heavy atom. The highest BCUT2D eigenvalue weighted by Gasteiger charge is 2.67. The predicted molar refractivity (Wildman–Crippen MR) is 183 cm³/mol. The lowest BCUT2D eigenvalue weighted by Crippen LogP contribution is -2.67. The minimum absolute atomic E-state index is 0.0764. The van der Waals surface area contributed by atoms with Gasteiger partial charge in [0.2, 0.25) is 11.8 Å². The highest BCUT2D eigenvalue weighted by atomic mass is 28.4. The molecule has 0 spiro atoms. The quantitative estimate of drug-likeness (QED) is 0.194. The smallest absolute Gasteiger partial charge is 0.261 e. The van der Waals surface area contributed by atoms with Gasteiger partial charge in [-0.3, -0.25) is 14.5 Å². The number of ether oxygens (including phenoxy) is 1. The number of para-hydroxylation sites is 1. The van der Waals surface area contributed by atoms with Crippen molar-refractivity contribution in [2.75, 3.05) is 11.5 Å². The minimum atomic E-state index is -3.04. The normalized spacial score (nSPS) is 27.2. The van der Waals surface area contributed by atoms with Crippen LogP contribution in [-0.2, 0) is 18.8 Å². The molecule has 4 aromatic carbocycles. The van der Waals surface area contributed by atoms with E-state index in [4.69, 9.17) is 9.16 Å². The number of phenols is 1. The molecule has 7 nitrogen and oxygen atoms in total. The van der Waals surface area contributed by atoms with Crippen LogP contribution < -0.4 is 15.3 Å². The Labute approximate surface area is 281 Å². The van der Waals surface area contributed by atoms with Crippen molar-refractivity contribution >= 4 is 36.2 Å². The predicted octanol–water partition coefficient (Wildman–Crippen LogP) is 5.70. The number of phenolic OH excluding ortho intramolecular Hbond substituents is 1. The molecular weight excluding hydrogens is 626 g/mol. The van der Waals surface area contributed by atoms with Gasteiger partial charge in [0, 0.05) is 18.4 Å². The number of amides is 2. The highest BCUT2D eigenvalue weighted by molar-refractivity contribution is 6.99. The zero-order chi connectivity index (χ0) is 33.8. The molecule has 2 aliphatic heterocycles. The third-order valence-electron chi connectivity index (χ3n) is 10.6. The van der Waals surface area contributed by atoms with Crippen LogP contribution in [0.25, 0.3) is 0 Å². The van der Waals surface area contributed by atoms with Gasteiger partial charge in [-0.15, -0.1) is 0 Å². The second kappa shape index (κ2) is 12.1. The molecule has 3 fully saturated rings. The largest absolute Gasteiger partial charge is 0.505 e. The van der Waals surface area contributed by atoms with Gasteiger partial charge in [0.15, 0.2) is 17.4 Å². The first-order valence-corrected chi connectivity index (χ1v) is 18.4. The van der Waals surface area contributed by atoms with Crippen LogP contribution in [0, 0.1) is 29.5 Å². The van der Waals surface area contributed by atoms with E-state index in [1.54, 1.807) is 30.3 Å². The molecule has 0 unspecified atom stereocenters. The summed E-state index contributed by atoms with van der Waals surface area (Å²) < 4.78 is 28.3. The number of hydrogen-bond acceptors (Lipinski definition) is 6. The summed E-state index contributed by atoms with van der Waals surface area (Å²) in [5.74, 6) is -6.73. The molecule has 248 valence electrons. The molecule has 1 saturated carbocycles. The first-order chi connectivity index (χ1) is 23.0. The van der Waals surface area contributed by atoms with E-state index in [0.717, 1.165) is 10.4 Å². The molecule has 7 rings (SSSR count). The van der Waals surface area contributed by atoms with Crippen LogP contribution in [0.3, 0.4) is 0 Å². The van der Waals surface area contributed by atoms with Crippen molar-refractivity contribution in [2.45, 2.75) is 50.5 Å². The minimum Gasteiger partial charge on any atom is -0.505 e. The maximum atomic E-state index is 14.5. The summed E-state index contributed by atoms with van der Waals surface area (Å²) in [6, 6.07) is 33.2. The standard InChI is InChI=1S/C39H40FNO6Si/c1-38(2,3)48(28-15-9-5-10-16-28,29-17-11-6-12-18-29)46-24-26-22-30-35(37(44)41(36(30)43)27-13-7-4-8-14-27)31-23-34(47-39(26,31)45)25-19-20-33(42)32(40)21-25/h4-21,26,30-31,34-35,42,45H,22-24H2,1-3H3/t26-,30+,31+,34+,35+,39-/m1/s1. The van der Waals surface area contributed by atoms with Crippen LogP contribution in [0.2, 0.25) is 5.04 Å². The van der Waals surface area contributed by atoms with Crippen molar-refractivity contribution in [2.24, 2.45) is 23.7 Å². The van der Waals surface area contributed by atoms with Gasteiger partial charge in [0.1, 0.15) is 0 Å². The van der Waals surface area contributed by atoms with E-state index >= 15 is 0 Å². The zero-order valence-corrected chi connectivity index (χ0v) is 28.3. The molecule has 9 heteroatoms. The van der Waals surface area contributed by atoms with Crippen molar-refractivity contribution in [3.8, 4) is 5.75 Å². The third-order valence-corrected chi connectivity index (χ3v) is 15.6. The Kier molecular flexibility index (Phi) is 8.15. The Balaban J connectivity index is 1.31. The lowest BCUT2D eigenvalue weighted by molar-refractivity contribution is -0.273. The Morgan fingerprint density at radius 1 is 0.875 bits per heavy atom. The molecule has 2 heterocycles. The lowest BCUT2D eigenvalue weighted by Gasteiger charge is -2.48. The van der Waals surface area contributed by atoms with Crippen molar-refractivity contribution in [3.05, 3.63) is 121 Å². The number of halogens is 1. The molecular formula is C39H40FNO6Si. The van der Waals surface area contributed by atoms with Gasteiger partial charge in [-0.05, 0) is 58.1 Å². The van der Waals surface area contributed by atoms with E-state index in [-0.39, 0.29) is 36.3 Å². The second-order valence-electron chi connectivity index (χ2n) is 14.3. The molecule has 0 bridgehead atoms. The molecule has 0 radical (unpaired) electrons. The van der Waals surface area contributed by atoms with Crippen LogP contribution in [0.15, 0.2) is 109 Å². The maximum absolute atomic E-state index is 14.5. The lowest BCUT2D eigenvalue weighted by atomic mass is 9.64. The van der Waals surface area contributed by atoms with Crippen molar-refractivity contribution < 1.29 is 33.4 Å². The summed E-state index contributed by atoms with van der Waals surface area (Å²) in [5, 5.41) is 24.3. The molecule has 6 atom stereocenters. The number of anilines is 1. The van der Waals surface area contributed by atoms with Crippen LogP contribution in [-0.4, -0.2) is 42.7 Å². The van der Waals surface area contributed by atoms with E-state index in [9.17, 15) is 24.2 Å². The van der Waals surface area contributed by atoms with Crippen LogP contribution >= 0.6 is 0 Å². The third kappa shape index (κ3) is 5.11. The number of imide groups is 1. The summed E-state index contributed by atoms with van der Waals surface area (Å²) in [7, 11) is -3.04. The Bertz CT molecular complexity index is 1780. The zero-order valence-electron chi connectivity index (χ0n) is 27.3. The number of carbonyl (C=O) groups excluding carboxylic acids is 2. The number of aliphatic hydroxyl groups is 1. The van der Waals surface area contributed by atoms with Gasteiger partial charge in [-0.1, -0.05) is 106 Å². The summed E-state index contributed by atoms with van der Waals surface area (Å²) >= 11 is 0. The van der Waals surface area contributed by atoms with Crippen LogP contribution in [0.4, 0.5) is 10.1 Å². The van der Waals surface area contributed by atoms with Gasteiger partial charge < -0.3 is 19.4 Å². The van der Waals surface area contributed by atoms with Gasteiger partial charge in [-0.25, -0.2) is 4.39 Å². The Hall–Kier alpha value is -4.15. The van der Waals surface area contributed by atoms with E-state index in [1.165, 1.54) is 17.0 Å². The molecule has 2 N–H and O–H groups in total. The first-order valence-electron chi connectivity index (χ1n) is 16.5. The number of rotatable bonds is 7. The number of carbonyl (C=O) groups is 2. The number of benzene rings is 4. The van der Waals surface area contributed by atoms with Crippen molar-refractivity contribution in [1.29, 1.82) is 0 Å². The fourth-order valence-corrected chi connectivity index (χ4v) is 13.0. The summed E-state index contributed by atoms with van der Waals surface area (Å²) in [6.45, 7) is 6.59. The summed E-state index contributed by atoms with van der Waals surface area (Å²) in [4.78, 5) is 29.5. The maximum Gasteiger partial charge on any atom is 0.261 e. The van der Waals surface area contributed by atoms with E-state index < -0.39 is 55.4 Å². The Morgan fingerprint density at radius 2 is 1.46 bits per heavy atom. The second-order valence-corrected chi connectivity index (χ2v) is 18.6. The summed E-state index contributed by atoms with van der Waals surface area (Å²) in [5.41, 5.74) is 0.926. The molecule has 0 aromatic heterocycles. The van der Waals surface area contributed by atoms with Gasteiger partial charge >= 0.3 is 0 Å². The van der Waals surface area contributed by atoms with E-state index in [2.05, 4.69) is 45.0 Å². The number of fused-ring (bicyclic) bond motifs is 3. The van der Waals surface area contributed by atoms with Gasteiger partial charge in [-0.2, -0.15) is 0 Å². The molecule has 2 amide bonds. The molecule has 3 aliphatic rings. The van der Waals surface area contributed by atoms with Crippen LogP contribution in [0.1, 0.15) is 45.3 Å².